The normalized spacial score (nSPS) is 26.7. The Hall–Kier alpha value is -0.360. The smallest absolute Gasteiger partial charge is 0.237 e. The number of halogens is 1. The summed E-state index contributed by atoms with van der Waals surface area (Å²) in [5, 5.41) is 3.16. The maximum Gasteiger partial charge on any atom is 0.237 e. The second-order valence-corrected chi connectivity index (χ2v) is 5.39. The number of carbonyl (C=O) groups is 1. The molecule has 1 amide bonds. The van der Waals surface area contributed by atoms with Crippen molar-refractivity contribution in [1.29, 1.82) is 0 Å². The second-order valence-electron chi connectivity index (χ2n) is 5.39. The lowest BCUT2D eigenvalue weighted by Gasteiger charge is -2.36. The third-order valence-electron chi connectivity index (χ3n) is 4.06. The van der Waals surface area contributed by atoms with Crippen molar-refractivity contribution in [1.82, 2.24) is 10.2 Å². The summed E-state index contributed by atoms with van der Waals surface area (Å²) in [5.41, 5.74) is 5.62. The minimum absolute atomic E-state index is 0. The Bertz CT molecular complexity index is 285. The zero-order chi connectivity index (χ0) is 13.0. The molecule has 2 atom stereocenters. The van der Waals surface area contributed by atoms with Gasteiger partial charge in [-0.3, -0.25) is 9.69 Å². The first-order valence-corrected chi connectivity index (χ1v) is 7.07. The van der Waals surface area contributed by atoms with Gasteiger partial charge < -0.3 is 15.8 Å². The number of hydrogen-bond acceptors (Lipinski definition) is 4. The van der Waals surface area contributed by atoms with E-state index >= 15 is 0 Å². The number of nitrogens with one attached hydrogen (secondary N) is 1. The number of morpholine rings is 1. The van der Waals surface area contributed by atoms with E-state index in [1.807, 2.05) is 6.92 Å². The van der Waals surface area contributed by atoms with Crippen molar-refractivity contribution >= 4 is 18.3 Å². The van der Waals surface area contributed by atoms with Crippen molar-refractivity contribution < 1.29 is 9.53 Å². The number of ether oxygens (including phenoxy) is 1. The van der Waals surface area contributed by atoms with E-state index < -0.39 is 0 Å². The summed E-state index contributed by atoms with van der Waals surface area (Å²) in [6.45, 7) is 4.74. The van der Waals surface area contributed by atoms with Gasteiger partial charge in [0, 0.05) is 25.7 Å². The molecule has 0 aromatic carbocycles. The molecule has 1 aliphatic heterocycles. The molecule has 1 saturated heterocycles. The van der Waals surface area contributed by atoms with Crippen molar-refractivity contribution in [2.75, 3.05) is 26.2 Å². The van der Waals surface area contributed by atoms with Crippen LogP contribution in [0.15, 0.2) is 0 Å². The molecule has 1 aliphatic carbocycles. The van der Waals surface area contributed by atoms with Crippen LogP contribution in [0.2, 0.25) is 0 Å². The van der Waals surface area contributed by atoms with E-state index in [0.29, 0.717) is 19.2 Å². The summed E-state index contributed by atoms with van der Waals surface area (Å²) in [6.07, 6.45) is 4.82. The molecule has 0 bridgehead atoms. The molecule has 0 aromatic heterocycles. The molecule has 2 rings (SSSR count). The van der Waals surface area contributed by atoms with Gasteiger partial charge in [0.15, 0.2) is 0 Å². The van der Waals surface area contributed by atoms with Crippen molar-refractivity contribution in [2.24, 2.45) is 5.73 Å². The van der Waals surface area contributed by atoms with Gasteiger partial charge in [0.05, 0.1) is 18.8 Å². The molecule has 0 radical (unpaired) electrons. The standard InChI is InChI=1S/C13H25N3O2.ClH/c1-10(13(17)15-11-4-2-3-5-11)16-6-7-18-12(8-14)9-16;/h10-12H,2-9,14H2,1H3,(H,15,17);1H. The molecule has 1 saturated carbocycles. The van der Waals surface area contributed by atoms with Crippen LogP contribution in [0.5, 0.6) is 0 Å². The van der Waals surface area contributed by atoms with Gasteiger partial charge in [0.1, 0.15) is 0 Å². The summed E-state index contributed by atoms with van der Waals surface area (Å²) in [7, 11) is 0. The summed E-state index contributed by atoms with van der Waals surface area (Å²) in [6, 6.07) is 0.315. The van der Waals surface area contributed by atoms with Gasteiger partial charge in [-0.1, -0.05) is 12.8 Å². The molecular formula is C13H26ClN3O2. The average molecular weight is 292 g/mol. The average Bonchev–Trinajstić information content (AvgIpc) is 2.90. The highest BCUT2D eigenvalue weighted by Crippen LogP contribution is 2.18. The van der Waals surface area contributed by atoms with Crippen LogP contribution in [-0.4, -0.2) is 55.2 Å². The van der Waals surface area contributed by atoms with E-state index in [2.05, 4.69) is 10.2 Å². The lowest BCUT2D eigenvalue weighted by atomic mass is 10.1. The van der Waals surface area contributed by atoms with Crippen LogP contribution in [0.3, 0.4) is 0 Å². The van der Waals surface area contributed by atoms with Gasteiger partial charge in [-0.15, -0.1) is 12.4 Å². The highest BCUT2D eigenvalue weighted by Gasteiger charge is 2.28. The van der Waals surface area contributed by atoms with Crippen molar-refractivity contribution in [3.63, 3.8) is 0 Å². The lowest BCUT2D eigenvalue weighted by Crippen LogP contribution is -2.54. The Labute approximate surface area is 121 Å². The van der Waals surface area contributed by atoms with Gasteiger partial charge in [-0.25, -0.2) is 0 Å². The molecule has 5 nitrogen and oxygen atoms in total. The molecule has 2 fully saturated rings. The molecule has 2 unspecified atom stereocenters. The zero-order valence-electron chi connectivity index (χ0n) is 11.6. The summed E-state index contributed by atoms with van der Waals surface area (Å²) in [5.74, 6) is 0.152. The topological polar surface area (TPSA) is 67.6 Å². The number of amides is 1. The molecule has 0 spiro atoms. The Kier molecular flexibility index (Phi) is 7.07. The third-order valence-corrected chi connectivity index (χ3v) is 4.06. The predicted molar refractivity (Wildman–Crippen MR) is 77.5 cm³/mol. The molecule has 19 heavy (non-hydrogen) atoms. The van der Waals surface area contributed by atoms with E-state index in [1.165, 1.54) is 12.8 Å². The predicted octanol–water partition coefficient (Wildman–Crippen LogP) is 0.515. The SMILES string of the molecule is CC(C(=O)NC1CCCC1)N1CCOC(CN)C1.Cl. The van der Waals surface area contributed by atoms with Gasteiger partial charge in [-0.05, 0) is 19.8 Å². The van der Waals surface area contributed by atoms with E-state index in [0.717, 1.165) is 25.9 Å². The minimum Gasteiger partial charge on any atom is -0.374 e. The van der Waals surface area contributed by atoms with Crippen molar-refractivity contribution in [3.8, 4) is 0 Å². The molecule has 2 aliphatic rings. The van der Waals surface area contributed by atoms with Crippen LogP contribution in [-0.2, 0) is 9.53 Å². The summed E-state index contributed by atoms with van der Waals surface area (Å²) < 4.78 is 5.52. The van der Waals surface area contributed by atoms with Crippen LogP contribution in [0.4, 0.5) is 0 Å². The van der Waals surface area contributed by atoms with Gasteiger partial charge >= 0.3 is 0 Å². The number of rotatable bonds is 4. The van der Waals surface area contributed by atoms with E-state index in [9.17, 15) is 4.79 Å². The molecule has 0 aromatic rings. The number of carbonyl (C=O) groups excluding carboxylic acids is 1. The zero-order valence-corrected chi connectivity index (χ0v) is 12.5. The Morgan fingerprint density at radius 2 is 2.16 bits per heavy atom. The minimum atomic E-state index is -0.0800. The highest BCUT2D eigenvalue weighted by atomic mass is 35.5. The Morgan fingerprint density at radius 1 is 1.47 bits per heavy atom. The van der Waals surface area contributed by atoms with Gasteiger partial charge in [-0.2, -0.15) is 0 Å². The highest BCUT2D eigenvalue weighted by molar-refractivity contribution is 5.85. The lowest BCUT2D eigenvalue weighted by molar-refractivity contribution is -0.129. The number of nitrogens with two attached hydrogens (primary N) is 1. The quantitative estimate of drug-likeness (QED) is 0.792. The van der Waals surface area contributed by atoms with Crippen LogP contribution in [0, 0.1) is 0 Å². The van der Waals surface area contributed by atoms with Gasteiger partial charge in [0.2, 0.25) is 5.91 Å². The van der Waals surface area contributed by atoms with Crippen molar-refractivity contribution in [2.45, 2.75) is 50.8 Å². The number of hydrogen-bond donors (Lipinski definition) is 2. The monoisotopic (exact) mass is 291 g/mol. The summed E-state index contributed by atoms with van der Waals surface area (Å²) in [4.78, 5) is 14.3. The maximum absolute atomic E-state index is 12.2. The molecule has 3 N–H and O–H groups in total. The van der Waals surface area contributed by atoms with Crippen LogP contribution in [0.1, 0.15) is 32.6 Å². The van der Waals surface area contributed by atoms with E-state index in [4.69, 9.17) is 10.5 Å². The number of nitrogens with zero attached hydrogens (tertiary/aromatic N) is 1. The second kappa shape index (κ2) is 8.04. The van der Waals surface area contributed by atoms with Crippen LogP contribution >= 0.6 is 12.4 Å². The molecule has 1 heterocycles. The maximum atomic E-state index is 12.2. The third kappa shape index (κ3) is 4.60. The summed E-state index contributed by atoms with van der Waals surface area (Å²) >= 11 is 0. The molecular weight excluding hydrogens is 266 g/mol. The first-order valence-electron chi connectivity index (χ1n) is 7.07. The van der Waals surface area contributed by atoms with Gasteiger partial charge in [0.25, 0.3) is 0 Å². The first-order chi connectivity index (χ1) is 8.70. The molecule has 112 valence electrons. The Balaban J connectivity index is 0.00000180. The van der Waals surface area contributed by atoms with Crippen LogP contribution in [0.25, 0.3) is 0 Å². The van der Waals surface area contributed by atoms with E-state index in [1.54, 1.807) is 0 Å². The largest absolute Gasteiger partial charge is 0.374 e. The fraction of sp³-hybridized carbons (Fsp3) is 0.923. The first kappa shape index (κ1) is 16.7. The molecule has 6 heteroatoms. The van der Waals surface area contributed by atoms with Crippen LogP contribution < -0.4 is 11.1 Å². The van der Waals surface area contributed by atoms with Crippen molar-refractivity contribution in [3.05, 3.63) is 0 Å². The fourth-order valence-corrected chi connectivity index (χ4v) is 2.79. The van der Waals surface area contributed by atoms with E-state index in [-0.39, 0.29) is 30.5 Å². The Morgan fingerprint density at radius 3 is 2.79 bits per heavy atom. The fourth-order valence-electron chi connectivity index (χ4n) is 2.79.